The molecule has 0 amide bonds. The first-order valence-corrected chi connectivity index (χ1v) is 3.25. The van der Waals surface area contributed by atoms with Gasteiger partial charge in [0.25, 0.3) is 0 Å². The van der Waals surface area contributed by atoms with E-state index in [-0.39, 0.29) is 5.95 Å². The zero-order valence-corrected chi connectivity index (χ0v) is 6.24. The Morgan fingerprint density at radius 1 is 1.45 bits per heavy atom. The van der Waals surface area contributed by atoms with Gasteiger partial charge in [0, 0.05) is 6.07 Å². The van der Waals surface area contributed by atoms with Crippen LogP contribution in [0.3, 0.4) is 0 Å². The minimum Gasteiger partial charge on any atom is -0.478 e. The Balaban J connectivity index is 2.89. The Labute approximate surface area is 64.4 Å². The number of hydrogen-bond donors (Lipinski definition) is 2. The molecular formula is C6H10N4O. The summed E-state index contributed by atoms with van der Waals surface area (Å²) >= 11 is 0. The average molecular weight is 154 g/mol. The Hall–Kier alpha value is -1.52. The maximum absolute atomic E-state index is 5.38. The van der Waals surface area contributed by atoms with E-state index in [4.69, 9.17) is 16.2 Å². The van der Waals surface area contributed by atoms with Gasteiger partial charge in [0.05, 0.1) is 6.61 Å². The highest BCUT2D eigenvalue weighted by molar-refractivity contribution is 5.38. The summed E-state index contributed by atoms with van der Waals surface area (Å²) in [5, 5.41) is 0. The number of aromatic nitrogens is 2. The van der Waals surface area contributed by atoms with Crippen LogP contribution in [0.5, 0.6) is 5.88 Å². The Kier molecular flexibility index (Phi) is 2.10. The van der Waals surface area contributed by atoms with E-state index in [0.717, 1.165) is 0 Å². The third-order valence-electron chi connectivity index (χ3n) is 1.03. The van der Waals surface area contributed by atoms with E-state index in [9.17, 15) is 0 Å². The summed E-state index contributed by atoms with van der Waals surface area (Å²) in [7, 11) is 0. The SMILES string of the molecule is CCOc1cc(N)nc(N)n1. The van der Waals surface area contributed by atoms with Gasteiger partial charge in [-0.1, -0.05) is 0 Å². The molecule has 1 rings (SSSR count). The zero-order chi connectivity index (χ0) is 8.27. The smallest absolute Gasteiger partial charge is 0.225 e. The molecule has 4 N–H and O–H groups in total. The van der Waals surface area contributed by atoms with Gasteiger partial charge in [-0.25, -0.2) is 0 Å². The van der Waals surface area contributed by atoms with Crippen molar-refractivity contribution >= 4 is 11.8 Å². The summed E-state index contributed by atoms with van der Waals surface area (Å²) in [5.74, 6) is 0.868. The molecule has 0 fully saturated rings. The Morgan fingerprint density at radius 3 is 2.73 bits per heavy atom. The van der Waals surface area contributed by atoms with Gasteiger partial charge in [0.2, 0.25) is 11.8 Å². The second kappa shape index (κ2) is 3.05. The van der Waals surface area contributed by atoms with E-state index in [2.05, 4.69) is 9.97 Å². The number of rotatable bonds is 2. The van der Waals surface area contributed by atoms with E-state index in [1.54, 1.807) is 0 Å². The molecule has 5 heteroatoms. The molecule has 0 saturated heterocycles. The number of hydrogen-bond acceptors (Lipinski definition) is 5. The average Bonchev–Trinajstić information content (AvgIpc) is 1.85. The molecule has 11 heavy (non-hydrogen) atoms. The van der Waals surface area contributed by atoms with Gasteiger partial charge in [-0.3, -0.25) is 0 Å². The predicted molar refractivity (Wildman–Crippen MR) is 42.0 cm³/mol. The van der Waals surface area contributed by atoms with Crippen LogP contribution >= 0.6 is 0 Å². The van der Waals surface area contributed by atoms with Gasteiger partial charge in [0.1, 0.15) is 5.82 Å². The van der Waals surface area contributed by atoms with E-state index in [1.807, 2.05) is 6.92 Å². The highest BCUT2D eigenvalue weighted by Gasteiger charge is 1.98. The molecule has 1 aromatic rings. The number of nitrogens with zero attached hydrogens (tertiary/aromatic N) is 2. The van der Waals surface area contributed by atoms with Crippen molar-refractivity contribution in [1.82, 2.24) is 9.97 Å². The molecule has 0 spiro atoms. The topological polar surface area (TPSA) is 87.0 Å². The van der Waals surface area contributed by atoms with Crippen molar-refractivity contribution in [2.45, 2.75) is 6.92 Å². The predicted octanol–water partition coefficient (Wildman–Crippen LogP) is 0.0397. The molecule has 0 aliphatic heterocycles. The van der Waals surface area contributed by atoms with Crippen LogP contribution in [0.15, 0.2) is 6.07 Å². The van der Waals surface area contributed by atoms with Crippen LogP contribution in [0.1, 0.15) is 6.92 Å². The van der Waals surface area contributed by atoms with Crippen molar-refractivity contribution in [2.75, 3.05) is 18.1 Å². The molecule has 1 aromatic heterocycles. The fourth-order valence-corrected chi connectivity index (χ4v) is 0.683. The van der Waals surface area contributed by atoms with Crippen LogP contribution in [-0.4, -0.2) is 16.6 Å². The second-order valence-electron chi connectivity index (χ2n) is 1.92. The van der Waals surface area contributed by atoms with Crippen molar-refractivity contribution in [3.05, 3.63) is 6.07 Å². The lowest BCUT2D eigenvalue weighted by Crippen LogP contribution is -2.02. The summed E-state index contributed by atoms with van der Waals surface area (Å²) in [6, 6.07) is 1.53. The summed E-state index contributed by atoms with van der Waals surface area (Å²) in [4.78, 5) is 7.47. The first kappa shape index (κ1) is 7.59. The van der Waals surface area contributed by atoms with Gasteiger partial charge in [-0.05, 0) is 6.92 Å². The van der Waals surface area contributed by atoms with Crippen LogP contribution in [-0.2, 0) is 0 Å². The molecular weight excluding hydrogens is 144 g/mol. The van der Waals surface area contributed by atoms with Crippen LogP contribution < -0.4 is 16.2 Å². The highest BCUT2D eigenvalue weighted by atomic mass is 16.5. The third-order valence-corrected chi connectivity index (χ3v) is 1.03. The molecule has 0 unspecified atom stereocenters. The van der Waals surface area contributed by atoms with Crippen LogP contribution in [0.25, 0.3) is 0 Å². The molecule has 1 heterocycles. The van der Waals surface area contributed by atoms with Gasteiger partial charge >= 0.3 is 0 Å². The Bertz CT molecular complexity index is 230. The number of ether oxygens (including phenoxy) is 1. The quantitative estimate of drug-likeness (QED) is 0.628. The molecule has 0 aromatic carbocycles. The lowest BCUT2D eigenvalue weighted by atomic mass is 10.5. The number of anilines is 2. The van der Waals surface area contributed by atoms with E-state index < -0.39 is 0 Å². The minimum atomic E-state index is 0.133. The molecule has 5 nitrogen and oxygen atoms in total. The monoisotopic (exact) mass is 154 g/mol. The van der Waals surface area contributed by atoms with Crippen molar-refractivity contribution in [1.29, 1.82) is 0 Å². The third kappa shape index (κ3) is 1.96. The first-order valence-electron chi connectivity index (χ1n) is 3.25. The van der Waals surface area contributed by atoms with E-state index in [1.165, 1.54) is 6.07 Å². The van der Waals surface area contributed by atoms with Gasteiger partial charge in [-0.15, -0.1) is 0 Å². The normalized spacial score (nSPS) is 9.55. The molecule has 0 aliphatic rings. The highest BCUT2D eigenvalue weighted by Crippen LogP contribution is 2.10. The summed E-state index contributed by atoms with van der Waals surface area (Å²) < 4.78 is 5.06. The standard InChI is InChI=1S/C6H10N4O/c1-2-11-5-3-4(7)9-6(8)10-5/h3H,2H2,1H3,(H4,7,8,9,10). The van der Waals surface area contributed by atoms with Crippen LogP contribution in [0.4, 0.5) is 11.8 Å². The van der Waals surface area contributed by atoms with E-state index in [0.29, 0.717) is 18.3 Å². The molecule has 60 valence electrons. The molecule has 0 saturated carbocycles. The fraction of sp³-hybridized carbons (Fsp3) is 0.333. The summed E-state index contributed by atoms with van der Waals surface area (Å²) in [5.41, 5.74) is 10.7. The van der Waals surface area contributed by atoms with Gasteiger partial charge in [-0.2, -0.15) is 9.97 Å². The largest absolute Gasteiger partial charge is 0.478 e. The van der Waals surface area contributed by atoms with Crippen LogP contribution in [0, 0.1) is 0 Å². The zero-order valence-electron chi connectivity index (χ0n) is 6.24. The van der Waals surface area contributed by atoms with Crippen molar-refractivity contribution in [2.24, 2.45) is 0 Å². The second-order valence-corrected chi connectivity index (χ2v) is 1.92. The molecule has 0 aliphatic carbocycles. The molecule has 0 radical (unpaired) electrons. The number of nitrogens with two attached hydrogens (primary N) is 2. The van der Waals surface area contributed by atoms with Crippen molar-refractivity contribution < 1.29 is 4.74 Å². The lowest BCUT2D eigenvalue weighted by molar-refractivity contribution is 0.327. The summed E-state index contributed by atoms with van der Waals surface area (Å²) in [6.07, 6.45) is 0. The maximum Gasteiger partial charge on any atom is 0.225 e. The lowest BCUT2D eigenvalue weighted by Gasteiger charge is -2.02. The summed E-state index contributed by atoms with van der Waals surface area (Å²) in [6.45, 7) is 2.39. The maximum atomic E-state index is 5.38. The van der Waals surface area contributed by atoms with Crippen molar-refractivity contribution in [3.8, 4) is 5.88 Å². The van der Waals surface area contributed by atoms with Crippen molar-refractivity contribution in [3.63, 3.8) is 0 Å². The first-order chi connectivity index (χ1) is 5.22. The molecule has 0 atom stereocenters. The Morgan fingerprint density at radius 2 is 2.18 bits per heavy atom. The van der Waals surface area contributed by atoms with Crippen LogP contribution in [0.2, 0.25) is 0 Å². The minimum absolute atomic E-state index is 0.133. The number of nitrogen functional groups attached to an aromatic ring is 2. The van der Waals surface area contributed by atoms with Gasteiger partial charge in [0.15, 0.2) is 0 Å². The van der Waals surface area contributed by atoms with Gasteiger partial charge < -0.3 is 16.2 Å². The fourth-order valence-electron chi connectivity index (χ4n) is 0.683. The molecule has 0 bridgehead atoms. The van der Waals surface area contributed by atoms with E-state index >= 15 is 0 Å².